The molecule has 8 heteroatoms. The molecule has 8 nitrogen and oxygen atoms in total. The number of hydrogen-bond donors (Lipinski definition) is 2. The summed E-state index contributed by atoms with van der Waals surface area (Å²) in [4.78, 5) is 11.2. The smallest absolute Gasteiger partial charge is 0.184 e. The minimum absolute atomic E-state index is 0.481. The maximum Gasteiger partial charge on any atom is 0.184 e. The summed E-state index contributed by atoms with van der Waals surface area (Å²) in [6, 6.07) is 10.3. The van der Waals surface area contributed by atoms with Gasteiger partial charge in [-0.05, 0) is 18.4 Å². The minimum atomic E-state index is 0.481. The van der Waals surface area contributed by atoms with Crippen LogP contribution in [0.25, 0.3) is 11.2 Å². The van der Waals surface area contributed by atoms with E-state index in [0.717, 1.165) is 62.2 Å². The first-order chi connectivity index (χ1) is 13.9. The maximum atomic E-state index is 5.44. The summed E-state index contributed by atoms with van der Waals surface area (Å²) >= 11 is 0. The zero-order valence-electron chi connectivity index (χ0n) is 16.0. The van der Waals surface area contributed by atoms with E-state index >= 15 is 0 Å². The standard InChI is InChI=1S/C20H25N7O/c1-2-4-15(5-3-1)14-27-20-17(24-25-27)19(22-18(23-20)16-6-7-16)21-8-9-26-10-12-28-13-11-26/h1-5,16H,6-14H2,(H,21,22,23)/p+1. The second-order valence-corrected chi connectivity index (χ2v) is 7.65. The van der Waals surface area contributed by atoms with Gasteiger partial charge in [-0.15, -0.1) is 5.10 Å². The molecule has 0 amide bonds. The van der Waals surface area contributed by atoms with Gasteiger partial charge in [0.15, 0.2) is 17.0 Å². The molecule has 1 saturated heterocycles. The van der Waals surface area contributed by atoms with E-state index < -0.39 is 0 Å². The van der Waals surface area contributed by atoms with Crippen LogP contribution in [0.3, 0.4) is 0 Å². The van der Waals surface area contributed by atoms with Gasteiger partial charge in [-0.25, -0.2) is 14.6 Å². The third-order valence-electron chi connectivity index (χ3n) is 5.47. The molecule has 2 fully saturated rings. The van der Waals surface area contributed by atoms with Gasteiger partial charge >= 0.3 is 0 Å². The molecule has 28 heavy (non-hydrogen) atoms. The summed E-state index contributed by atoms with van der Waals surface area (Å²) in [5, 5.41) is 12.3. The van der Waals surface area contributed by atoms with Crippen LogP contribution in [0.15, 0.2) is 30.3 Å². The largest absolute Gasteiger partial charge is 0.370 e. The van der Waals surface area contributed by atoms with Crippen molar-refractivity contribution in [3.8, 4) is 0 Å². The van der Waals surface area contributed by atoms with Crippen molar-refractivity contribution in [2.24, 2.45) is 0 Å². The lowest BCUT2D eigenvalue weighted by Gasteiger charge is -2.23. The van der Waals surface area contributed by atoms with Crippen LogP contribution >= 0.6 is 0 Å². The predicted octanol–water partition coefficient (Wildman–Crippen LogP) is 0.474. The molecule has 0 radical (unpaired) electrons. The van der Waals surface area contributed by atoms with Crippen LogP contribution in [0.4, 0.5) is 5.82 Å². The molecule has 0 atom stereocenters. The number of ether oxygens (including phenoxy) is 1. The zero-order chi connectivity index (χ0) is 18.8. The highest BCUT2D eigenvalue weighted by Gasteiger charge is 2.29. The summed E-state index contributed by atoms with van der Waals surface area (Å²) in [6.45, 7) is 6.42. The Balaban J connectivity index is 1.38. The molecule has 1 saturated carbocycles. The predicted molar refractivity (Wildman–Crippen MR) is 106 cm³/mol. The van der Waals surface area contributed by atoms with Crippen molar-refractivity contribution in [2.45, 2.75) is 25.3 Å². The average Bonchev–Trinajstić information content (AvgIpc) is 3.52. The second kappa shape index (κ2) is 7.81. The number of anilines is 1. The van der Waals surface area contributed by atoms with Gasteiger partial charge in [0.05, 0.1) is 32.8 Å². The lowest BCUT2D eigenvalue weighted by Crippen LogP contribution is -3.14. The minimum Gasteiger partial charge on any atom is -0.370 e. The number of morpholine rings is 1. The summed E-state index contributed by atoms with van der Waals surface area (Å²) in [6.07, 6.45) is 2.34. The molecule has 3 heterocycles. The number of fused-ring (bicyclic) bond motifs is 1. The number of nitrogens with one attached hydrogen (secondary N) is 2. The highest BCUT2D eigenvalue weighted by Crippen LogP contribution is 2.39. The molecule has 0 bridgehead atoms. The van der Waals surface area contributed by atoms with Crippen LogP contribution in [0.2, 0.25) is 0 Å². The molecule has 1 aromatic carbocycles. The van der Waals surface area contributed by atoms with Gasteiger partial charge in [0.1, 0.15) is 18.9 Å². The Morgan fingerprint density at radius 2 is 1.93 bits per heavy atom. The maximum absolute atomic E-state index is 5.44. The van der Waals surface area contributed by atoms with E-state index in [1.165, 1.54) is 18.4 Å². The van der Waals surface area contributed by atoms with Gasteiger partial charge < -0.3 is 15.0 Å². The first kappa shape index (κ1) is 17.5. The van der Waals surface area contributed by atoms with Crippen molar-refractivity contribution in [3.63, 3.8) is 0 Å². The quantitative estimate of drug-likeness (QED) is 0.620. The van der Waals surface area contributed by atoms with Crippen LogP contribution in [0.1, 0.15) is 30.1 Å². The highest BCUT2D eigenvalue weighted by atomic mass is 16.5. The first-order valence-electron chi connectivity index (χ1n) is 10.2. The molecule has 1 aliphatic heterocycles. The van der Waals surface area contributed by atoms with Crippen LogP contribution < -0.4 is 10.2 Å². The van der Waals surface area contributed by atoms with E-state index in [1.807, 2.05) is 22.9 Å². The lowest BCUT2D eigenvalue weighted by atomic mass is 10.2. The van der Waals surface area contributed by atoms with Crippen molar-refractivity contribution < 1.29 is 9.64 Å². The summed E-state index contributed by atoms with van der Waals surface area (Å²) < 4.78 is 7.33. The molecule has 3 aromatic rings. The molecule has 0 spiro atoms. The van der Waals surface area contributed by atoms with Crippen molar-refractivity contribution in [2.75, 3.05) is 44.7 Å². The summed E-state index contributed by atoms with van der Waals surface area (Å²) in [7, 11) is 0. The fourth-order valence-corrected chi connectivity index (χ4v) is 3.65. The molecule has 0 unspecified atom stereocenters. The van der Waals surface area contributed by atoms with E-state index in [-0.39, 0.29) is 0 Å². The summed E-state index contributed by atoms with van der Waals surface area (Å²) in [5.41, 5.74) is 2.77. The Bertz CT molecular complexity index is 932. The molecular weight excluding hydrogens is 354 g/mol. The van der Waals surface area contributed by atoms with E-state index in [9.17, 15) is 0 Å². The number of hydrogen-bond acceptors (Lipinski definition) is 6. The number of quaternary nitrogens is 1. The first-order valence-corrected chi connectivity index (χ1v) is 10.2. The van der Waals surface area contributed by atoms with E-state index in [4.69, 9.17) is 14.7 Å². The number of benzene rings is 1. The molecule has 2 aliphatic rings. The molecule has 2 aromatic heterocycles. The SMILES string of the molecule is c1ccc(Cn2nnc3c(NCC[NH+]4CCOCC4)nc(C4CC4)nc32)cc1. The fraction of sp³-hybridized carbons (Fsp3) is 0.500. The van der Waals surface area contributed by atoms with Gasteiger partial charge in [-0.2, -0.15) is 0 Å². The van der Waals surface area contributed by atoms with E-state index in [0.29, 0.717) is 12.5 Å². The van der Waals surface area contributed by atoms with E-state index in [1.54, 1.807) is 4.90 Å². The van der Waals surface area contributed by atoms with Crippen molar-refractivity contribution in [3.05, 3.63) is 41.7 Å². The van der Waals surface area contributed by atoms with Crippen LogP contribution in [-0.2, 0) is 11.3 Å². The normalized spacial score (nSPS) is 17.9. The van der Waals surface area contributed by atoms with Gasteiger partial charge in [0, 0.05) is 5.92 Å². The molecule has 5 rings (SSSR count). The van der Waals surface area contributed by atoms with Crippen molar-refractivity contribution in [1.82, 2.24) is 25.0 Å². The summed E-state index contributed by atoms with van der Waals surface area (Å²) in [5.74, 6) is 2.22. The van der Waals surface area contributed by atoms with Crippen molar-refractivity contribution >= 4 is 17.0 Å². The van der Waals surface area contributed by atoms with Crippen LogP contribution in [0, 0.1) is 0 Å². The van der Waals surface area contributed by atoms with Gasteiger partial charge in [0.2, 0.25) is 0 Å². The monoisotopic (exact) mass is 380 g/mol. The van der Waals surface area contributed by atoms with Crippen molar-refractivity contribution in [1.29, 1.82) is 0 Å². The fourth-order valence-electron chi connectivity index (χ4n) is 3.65. The molecule has 146 valence electrons. The number of nitrogens with zero attached hydrogens (tertiary/aromatic N) is 5. The van der Waals surface area contributed by atoms with Gasteiger partial charge in [0.25, 0.3) is 0 Å². The molecular formula is C20H26N7O+. The van der Waals surface area contributed by atoms with Gasteiger partial charge in [-0.3, -0.25) is 0 Å². The third-order valence-corrected chi connectivity index (χ3v) is 5.47. The zero-order valence-corrected chi connectivity index (χ0v) is 16.0. The Morgan fingerprint density at radius 1 is 1.11 bits per heavy atom. The second-order valence-electron chi connectivity index (χ2n) is 7.65. The Kier molecular flexibility index (Phi) is 4.88. The van der Waals surface area contributed by atoms with E-state index in [2.05, 4.69) is 27.8 Å². The van der Waals surface area contributed by atoms with Crippen LogP contribution in [-0.4, -0.2) is 64.4 Å². The Labute approximate surface area is 163 Å². The topological polar surface area (TPSA) is 82.2 Å². The number of rotatable bonds is 7. The van der Waals surface area contributed by atoms with Crippen LogP contribution in [0.5, 0.6) is 0 Å². The lowest BCUT2D eigenvalue weighted by molar-refractivity contribution is -0.906. The third kappa shape index (κ3) is 3.83. The molecule has 2 N–H and O–H groups in total. The Morgan fingerprint density at radius 3 is 2.71 bits per heavy atom. The number of aromatic nitrogens is 5. The Hall–Kier alpha value is -2.58. The average molecular weight is 380 g/mol. The highest BCUT2D eigenvalue weighted by molar-refractivity contribution is 5.82. The molecule has 1 aliphatic carbocycles. The van der Waals surface area contributed by atoms with Gasteiger partial charge in [-0.1, -0.05) is 35.5 Å².